The number of fused-ring (bicyclic) bond motifs is 3. The maximum absolute atomic E-state index is 11.5. The van der Waals surface area contributed by atoms with Gasteiger partial charge in [-0.2, -0.15) is 0 Å². The number of benzene rings is 2. The predicted octanol–water partition coefficient (Wildman–Crippen LogP) is 2.19. The third-order valence-electron chi connectivity index (χ3n) is 4.21. The molecule has 1 aromatic heterocycles. The zero-order valence-electron chi connectivity index (χ0n) is 13.6. The first-order valence-electron chi connectivity index (χ1n) is 7.62. The predicted molar refractivity (Wildman–Crippen MR) is 97.8 cm³/mol. The highest BCUT2D eigenvalue weighted by atomic mass is 31.2. The molecule has 26 heavy (non-hydrogen) atoms. The average molecular weight is 400 g/mol. The number of hydrogen-bond acceptors (Lipinski definition) is 4. The second-order valence-electron chi connectivity index (χ2n) is 5.84. The molecular weight excluding hydrogens is 382 g/mol. The van der Waals surface area contributed by atoms with Gasteiger partial charge in [0.25, 0.3) is 0 Å². The zero-order chi connectivity index (χ0) is 19.3. The molecule has 0 saturated heterocycles. The first-order chi connectivity index (χ1) is 12.0. The summed E-state index contributed by atoms with van der Waals surface area (Å²) >= 11 is 0. The van der Waals surface area contributed by atoms with E-state index in [2.05, 4.69) is 0 Å². The van der Waals surface area contributed by atoms with Gasteiger partial charge in [0.05, 0.1) is 0 Å². The second kappa shape index (κ2) is 6.18. The van der Waals surface area contributed by atoms with Crippen LogP contribution in [0.3, 0.4) is 0 Å². The van der Waals surface area contributed by atoms with Crippen molar-refractivity contribution in [3.63, 3.8) is 0 Å². The van der Waals surface area contributed by atoms with Crippen LogP contribution in [0, 0.1) is 0 Å². The van der Waals surface area contributed by atoms with E-state index in [1.54, 1.807) is 6.07 Å². The molecule has 11 heteroatoms. The van der Waals surface area contributed by atoms with Gasteiger partial charge >= 0.3 is 20.4 Å². The van der Waals surface area contributed by atoms with Crippen molar-refractivity contribution in [1.29, 1.82) is 0 Å². The first-order valence-corrected chi connectivity index (χ1v) is 10.8. The van der Waals surface area contributed by atoms with E-state index in [9.17, 15) is 33.8 Å². The highest BCUT2D eigenvalue weighted by molar-refractivity contribution is 7.72. The molecule has 140 valence electrons. The molecule has 0 bridgehead atoms. The third-order valence-corrected chi connectivity index (χ3v) is 7.62. The number of anilines is 1. The Bertz CT molecular complexity index is 1060. The maximum atomic E-state index is 11.5. The van der Waals surface area contributed by atoms with E-state index >= 15 is 0 Å². The lowest BCUT2D eigenvalue weighted by molar-refractivity contribution is 0.153. The molecule has 1 heterocycles. The van der Waals surface area contributed by atoms with Gasteiger partial charge in [-0.3, -0.25) is 9.13 Å². The Hall–Kier alpha value is -1.70. The van der Waals surface area contributed by atoms with E-state index < -0.39 is 20.4 Å². The summed E-state index contributed by atoms with van der Waals surface area (Å²) in [4.78, 5) is 37.1. The first kappa shape index (κ1) is 19.1. The number of nitrogens with one attached hydrogen (secondary N) is 1. The second-order valence-corrected chi connectivity index (χ2v) is 9.67. The van der Waals surface area contributed by atoms with Crippen LogP contribution in [-0.4, -0.2) is 34.5 Å². The topological polar surface area (TPSA) is 152 Å². The van der Waals surface area contributed by atoms with Crippen molar-refractivity contribution in [2.45, 2.75) is 18.7 Å². The molecule has 0 atom stereocenters. The van der Waals surface area contributed by atoms with Gasteiger partial charge in [-0.25, -0.2) is 0 Å². The number of aliphatic hydroxyl groups is 1. The Kier molecular flexibility index (Phi) is 4.53. The standard InChI is InChI=1S/C15H18N2O7P2/c1-2-17-13-6-4-3-5-11(13)12-9-10(7-8-14(12)17)16-15(18,25(19,20)21)26(22,23)24/h3-9,16,18H,2H2,1H3,(H2,19,20,21)(H2,22,23,24). The smallest absolute Gasteiger partial charge is 0.352 e. The normalized spacial score (nSPS) is 13.5. The minimum atomic E-state index is -5.61. The SMILES string of the molecule is CCn1c2ccccc2c2cc(NC(O)(P(=O)(O)O)P(=O)(O)O)ccc21. The van der Waals surface area contributed by atoms with Gasteiger partial charge in [0.1, 0.15) is 0 Å². The number of aromatic nitrogens is 1. The van der Waals surface area contributed by atoms with Crippen molar-refractivity contribution >= 4 is 42.7 Å². The number of para-hydroxylation sites is 1. The van der Waals surface area contributed by atoms with Gasteiger partial charge in [0.15, 0.2) is 0 Å². The van der Waals surface area contributed by atoms with Crippen LogP contribution in [0.5, 0.6) is 0 Å². The van der Waals surface area contributed by atoms with Crippen molar-refractivity contribution in [2.24, 2.45) is 0 Å². The summed E-state index contributed by atoms with van der Waals surface area (Å²) < 4.78 is 25.1. The number of aryl methyl sites for hydroxylation is 1. The average Bonchev–Trinajstić information content (AvgIpc) is 2.86. The minimum absolute atomic E-state index is 0.0364. The fourth-order valence-electron chi connectivity index (χ4n) is 2.98. The fourth-order valence-corrected chi connectivity index (χ4v) is 4.89. The molecule has 0 amide bonds. The van der Waals surface area contributed by atoms with E-state index in [1.807, 2.05) is 41.1 Å². The van der Waals surface area contributed by atoms with Gasteiger partial charge < -0.3 is 34.6 Å². The lowest BCUT2D eigenvalue weighted by Crippen LogP contribution is -2.37. The molecule has 0 unspecified atom stereocenters. The van der Waals surface area contributed by atoms with Crippen LogP contribution in [0.1, 0.15) is 6.92 Å². The highest BCUT2D eigenvalue weighted by Gasteiger charge is 2.60. The quantitative estimate of drug-likeness (QED) is 0.282. The lowest BCUT2D eigenvalue weighted by atomic mass is 10.1. The van der Waals surface area contributed by atoms with Gasteiger partial charge in [0.2, 0.25) is 0 Å². The Labute approximate surface area is 148 Å². The molecule has 2 aromatic carbocycles. The Morgan fingerprint density at radius 3 is 2.12 bits per heavy atom. The largest absolute Gasteiger partial charge is 0.390 e. The molecule has 0 radical (unpaired) electrons. The molecule has 3 rings (SSSR count). The molecule has 0 spiro atoms. The summed E-state index contributed by atoms with van der Waals surface area (Å²) in [7, 11) is -11.2. The molecular formula is C15H18N2O7P2. The molecule has 3 aromatic rings. The molecule has 0 aliphatic rings. The maximum Gasteiger partial charge on any atom is 0.390 e. The molecule has 9 nitrogen and oxygen atoms in total. The summed E-state index contributed by atoms with van der Waals surface area (Å²) in [5.41, 5.74) is 1.75. The van der Waals surface area contributed by atoms with Gasteiger partial charge in [-0.1, -0.05) is 18.2 Å². The van der Waals surface area contributed by atoms with Crippen LogP contribution in [0.2, 0.25) is 0 Å². The van der Waals surface area contributed by atoms with E-state index in [4.69, 9.17) is 0 Å². The Morgan fingerprint density at radius 1 is 0.962 bits per heavy atom. The van der Waals surface area contributed by atoms with Crippen LogP contribution >= 0.6 is 15.2 Å². The fraction of sp³-hybridized carbons (Fsp3) is 0.200. The van der Waals surface area contributed by atoms with Crippen molar-refractivity contribution < 1.29 is 33.8 Å². The summed E-state index contributed by atoms with van der Waals surface area (Å²) in [6.07, 6.45) is 0. The van der Waals surface area contributed by atoms with Crippen molar-refractivity contribution in [1.82, 2.24) is 4.57 Å². The summed E-state index contributed by atoms with van der Waals surface area (Å²) in [5.74, 6) is 0. The van der Waals surface area contributed by atoms with Crippen LogP contribution in [0.15, 0.2) is 42.5 Å². The Morgan fingerprint density at radius 2 is 1.54 bits per heavy atom. The highest BCUT2D eigenvalue weighted by Crippen LogP contribution is 2.67. The summed E-state index contributed by atoms with van der Waals surface area (Å²) in [6, 6.07) is 12.0. The van der Waals surface area contributed by atoms with Crippen LogP contribution in [0.4, 0.5) is 5.69 Å². The number of hydrogen-bond donors (Lipinski definition) is 6. The van der Waals surface area contributed by atoms with E-state index in [-0.39, 0.29) is 5.69 Å². The number of rotatable bonds is 5. The zero-order valence-corrected chi connectivity index (χ0v) is 15.4. The van der Waals surface area contributed by atoms with Gasteiger partial charge in [0, 0.05) is 34.0 Å². The third kappa shape index (κ3) is 2.88. The van der Waals surface area contributed by atoms with E-state index in [0.29, 0.717) is 11.9 Å². The van der Waals surface area contributed by atoms with E-state index in [0.717, 1.165) is 16.4 Å². The van der Waals surface area contributed by atoms with Crippen LogP contribution in [0.25, 0.3) is 21.8 Å². The molecule has 0 fully saturated rings. The van der Waals surface area contributed by atoms with Crippen LogP contribution < -0.4 is 5.32 Å². The molecule has 0 saturated carbocycles. The summed E-state index contributed by atoms with van der Waals surface area (Å²) in [6.45, 7) is 2.66. The molecule has 0 aliphatic heterocycles. The van der Waals surface area contributed by atoms with Gasteiger partial charge in [-0.05, 0) is 31.2 Å². The Balaban J connectivity index is 2.20. The summed E-state index contributed by atoms with van der Waals surface area (Å²) in [5, 5.41) is 9.84. The monoisotopic (exact) mass is 400 g/mol. The number of nitrogens with zero attached hydrogens (tertiary/aromatic N) is 1. The van der Waals surface area contributed by atoms with Gasteiger partial charge in [-0.15, -0.1) is 0 Å². The molecule has 6 N–H and O–H groups in total. The van der Waals surface area contributed by atoms with Crippen molar-refractivity contribution in [2.75, 3.05) is 5.32 Å². The molecule has 0 aliphatic carbocycles. The van der Waals surface area contributed by atoms with Crippen LogP contribution in [-0.2, 0) is 15.7 Å². The lowest BCUT2D eigenvalue weighted by Gasteiger charge is -2.30. The van der Waals surface area contributed by atoms with Crippen molar-refractivity contribution in [3.05, 3.63) is 42.5 Å². The van der Waals surface area contributed by atoms with E-state index in [1.165, 1.54) is 12.1 Å². The van der Waals surface area contributed by atoms with Crippen molar-refractivity contribution in [3.8, 4) is 0 Å². The minimum Gasteiger partial charge on any atom is -0.352 e.